The first-order valence-electron chi connectivity index (χ1n) is 9.98. The summed E-state index contributed by atoms with van der Waals surface area (Å²) in [6, 6.07) is 0. The summed E-state index contributed by atoms with van der Waals surface area (Å²) in [7, 11) is -8.63. The van der Waals surface area contributed by atoms with Crippen molar-refractivity contribution in [3.05, 3.63) is 32.6 Å². The molecule has 1 aliphatic rings. The molecule has 19 heteroatoms. The standard InChI is InChI=1S/C16H23N2O14P3.H2/c1-2-8-27-9-4-3-5-12-10-18(16(20)17-15(12)19)14-7-6-13(29-14)11-28-35(31-22,32-30-21,33(23)24)34(25)26;/h10,13-14,21-22H,2,5-9,11H2,1H3,(H,17,19,20);1H/t13-,14+;/m0./s1. The van der Waals surface area contributed by atoms with E-state index in [1.807, 2.05) is 6.92 Å². The maximum atomic E-state index is 12.3. The average molecular weight is 562 g/mol. The number of rotatable bonds is 13. The van der Waals surface area contributed by atoms with Crippen LogP contribution in [0.4, 0.5) is 0 Å². The van der Waals surface area contributed by atoms with Gasteiger partial charge in [-0.15, -0.1) is 0 Å². The van der Waals surface area contributed by atoms with E-state index < -0.39 is 51.6 Å². The zero-order chi connectivity index (χ0) is 26.1. The molecule has 16 nitrogen and oxygen atoms in total. The van der Waals surface area contributed by atoms with Gasteiger partial charge in [0.25, 0.3) is 0 Å². The van der Waals surface area contributed by atoms with Crippen molar-refractivity contribution < 1.29 is 58.6 Å². The Morgan fingerprint density at radius 1 is 1.23 bits per heavy atom. The summed E-state index contributed by atoms with van der Waals surface area (Å²) in [5.74, 6) is 5.51. The molecule has 0 aromatic carbocycles. The van der Waals surface area contributed by atoms with E-state index in [1.54, 1.807) is 0 Å². The molecule has 1 aromatic rings. The molecule has 0 radical (unpaired) electrons. The molecule has 0 amide bonds. The molecule has 0 spiro atoms. The summed E-state index contributed by atoms with van der Waals surface area (Å²) < 4.78 is 70.7. The van der Waals surface area contributed by atoms with E-state index in [9.17, 15) is 27.8 Å². The molecule has 0 saturated carbocycles. The van der Waals surface area contributed by atoms with Crippen LogP contribution in [0.3, 0.4) is 0 Å². The SMILES string of the molecule is CCCOCC#CCc1cn([C@H]2CC[C@@H](COP(OO)(OOO)(P(=O)=O)P(=O)=O)O2)c(=O)[nH]c1=O.[HH]. The van der Waals surface area contributed by atoms with E-state index in [0.29, 0.717) is 6.61 Å². The first-order chi connectivity index (χ1) is 16.6. The number of aromatic amines is 1. The molecule has 2 heterocycles. The fraction of sp³-hybridized carbons (Fsp3) is 0.625. The molecule has 3 N–H and O–H groups in total. The van der Waals surface area contributed by atoms with E-state index in [4.69, 9.17) is 24.5 Å². The Morgan fingerprint density at radius 2 is 1.94 bits per heavy atom. The summed E-state index contributed by atoms with van der Waals surface area (Å²) >= 11 is 0. The Labute approximate surface area is 199 Å². The number of nitrogens with zero attached hydrogens (tertiary/aromatic N) is 1. The van der Waals surface area contributed by atoms with E-state index in [-0.39, 0.29) is 32.9 Å². The van der Waals surface area contributed by atoms with Crippen LogP contribution in [0.15, 0.2) is 15.8 Å². The van der Waals surface area contributed by atoms with Gasteiger partial charge < -0.3 is 4.74 Å². The predicted molar refractivity (Wildman–Crippen MR) is 117 cm³/mol. The normalized spacial score (nSPS) is 18.9. The molecular weight excluding hydrogens is 537 g/mol. The van der Waals surface area contributed by atoms with E-state index in [2.05, 4.69) is 31.2 Å². The quantitative estimate of drug-likeness (QED) is 0.104. The topological polar surface area (TPSA) is 219 Å². The average Bonchev–Trinajstić information content (AvgIpc) is 3.29. The Bertz CT molecular complexity index is 1180. The molecule has 1 saturated heterocycles. The van der Waals surface area contributed by atoms with Crippen molar-refractivity contribution in [1.29, 1.82) is 0 Å². The summed E-state index contributed by atoms with van der Waals surface area (Å²) in [6.07, 6.45) is 0.479. The van der Waals surface area contributed by atoms with Gasteiger partial charge in [0.1, 0.15) is 0 Å². The smallest absolute Gasteiger partial charge is 0 e. The van der Waals surface area contributed by atoms with Gasteiger partial charge >= 0.3 is 173 Å². The van der Waals surface area contributed by atoms with Crippen LogP contribution < -0.4 is 11.2 Å². The third-order valence-electron chi connectivity index (χ3n) is 4.69. The van der Waals surface area contributed by atoms with Crippen LogP contribution in [0.1, 0.15) is 39.4 Å². The summed E-state index contributed by atoms with van der Waals surface area (Å²) in [5, 5.41) is 20.7. The second-order valence-corrected chi connectivity index (χ2v) is 17.2. The Morgan fingerprint density at radius 3 is 2.54 bits per heavy atom. The molecule has 35 heavy (non-hydrogen) atoms. The van der Waals surface area contributed by atoms with Gasteiger partial charge in [0, 0.05) is 8.03 Å². The van der Waals surface area contributed by atoms with Crippen LogP contribution in [0.5, 0.6) is 0 Å². The first kappa shape index (κ1) is 29.4. The van der Waals surface area contributed by atoms with Crippen LogP contribution in [0, 0.1) is 11.8 Å². The van der Waals surface area contributed by atoms with Gasteiger partial charge in [-0.2, -0.15) is 0 Å². The number of H-pyrrole nitrogens is 1. The van der Waals surface area contributed by atoms with Crippen molar-refractivity contribution in [1.82, 2.24) is 9.55 Å². The van der Waals surface area contributed by atoms with E-state index in [0.717, 1.165) is 11.0 Å². The van der Waals surface area contributed by atoms with Crippen LogP contribution in [0.2, 0.25) is 0 Å². The minimum Gasteiger partial charge on any atom is 0 e. The second kappa shape index (κ2) is 12.9. The predicted octanol–water partition coefficient (Wildman–Crippen LogP) is 2.83. The zero-order valence-electron chi connectivity index (χ0n) is 18.3. The van der Waals surface area contributed by atoms with Gasteiger partial charge in [-0.25, -0.2) is 0 Å². The Balaban J connectivity index is 0.00000648. The van der Waals surface area contributed by atoms with Crippen molar-refractivity contribution in [2.75, 3.05) is 19.8 Å². The van der Waals surface area contributed by atoms with Crippen molar-refractivity contribution in [3.8, 4) is 11.8 Å². The minimum atomic E-state index is -6.42. The Hall–Kier alpha value is -1.85. The third kappa shape index (κ3) is 6.48. The van der Waals surface area contributed by atoms with E-state index >= 15 is 0 Å². The maximum absolute atomic E-state index is 12.3. The molecule has 2 atom stereocenters. The van der Waals surface area contributed by atoms with Crippen LogP contribution >= 0.6 is 21.4 Å². The number of hydrogen-bond acceptors (Lipinski definition) is 14. The molecule has 1 aliphatic heterocycles. The molecule has 1 aromatic heterocycles. The van der Waals surface area contributed by atoms with Gasteiger partial charge in [-0.1, -0.05) is 6.92 Å². The van der Waals surface area contributed by atoms with Crippen LogP contribution in [-0.2, 0) is 53.1 Å². The maximum Gasteiger partial charge on any atom is 0 e. The Kier molecular flexibility index (Phi) is 10.8. The number of nitrogens with one attached hydrogen (secondary N) is 1. The first-order valence-corrected chi connectivity index (χ1v) is 15.7. The van der Waals surface area contributed by atoms with E-state index in [1.165, 1.54) is 6.20 Å². The fourth-order valence-corrected chi connectivity index (χ4v) is 7.40. The summed E-state index contributed by atoms with van der Waals surface area (Å²) in [5.41, 5.74) is -1.25. The van der Waals surface area contributed by atoms with Crippen molar-refractivity contribution in [2.45, 2.75) is 44.9 Å². The van der Waals surface area contributed by atoms with Gasteiger partial charge in [-0.3, -0.25) is 0 Å². The third-order valence-corrected chi connectivity index (χ3v) is 14.4. The van der Waals surface area contributed by atoms with Crippen LogP contribution in [-0.4, -0.2) is 46.0 Å². The van der Waals surface area contributed by atoms with Crippen molar-refractivity contribution >= 4 is 21.4 Å². The summed E-state index contributed by atoms with van der Waals surface area (Å²) in [6.45, 7) is -4.56. The molecule has 2 rings (SSSR count). The minimum absolute atomic E-state index is 0. The zero-order valence-corrected chi connectivity index (χ0v) is 20.9. The molecule has 1 fully saturated rings. The van der Waals surface area contributed by atoms with Crippen molar-refractivity contribution in [2.24, 2.45) is 0 Å². The molecule has 0 unspecified atom stereocenters. The number of ether oxygens (including phenoxy) is 2. The van der Waals surface area contributed by atoms with Crippen LogP contribution in [0.25, 0.3) is 0 Å². The molecule has 198 valence electrons. The largest absolute Gasteiger partial charge is 0 e. The fourth-order valence-electron chi connectivity index (χ4n) is 2.95. The summed E-state index contributed by atoms with van der Waals surface area (Å²) in [4.78, 5) is 26.5. The molecular formula is C16H25N2O14P3. The van der Waals surface area contributed by atoms with Crippen molar-refractivity contribution in [3.63, 3.8) is 0 Å². The number of aromatic nitrogens is 2. The van der Waals surface area contributed by atoms with Gasteiger partial charge in [0.15, 0.2) is 0 Å². The molecule has 0 bridgehead atoms. The van der Waals surface area contributed by atoms with Gasteiger partial charge in [0.05, 0.1) is 0 Å². The van der Waals surface area contributed by atoms with Gasteiger partial charge in [0.2, 0.25) is 0 Å². The monoisotopic (exact) mass is 562 g/mol. The molecule has 0 aliphatic carbocycles. The van der Waals surface area contributed by atoms with Gasteiger partial charge in [-0.05, 0) is 6.42 Å². The number of hydrogen-bond donors (Lipinski definition) is 3. The second-order valence-electron chi connectivity index (χ2n) is 7.00.